The third kappa shape index (κ3) is 14.7. The molecule has 0 aliphatic rings. The van der Waals surface area contributed by atoms with Crippen LogP contribution in [0.25, 0.3) is 0 Å². The van der Waals surface area contributed by atoms with Crippen molar-refractivity contribution in [2.24, 2.45) is 0 Å². The van der Waals surface area contributed by atoms with Crippen LogP contribution in [0.2, 0.25) is 0 Å². The summed E-state index contributed by atoms with van der Waals surface area (Å²) in [6, 6.07) is 0. The van der Waals surface area contributed by atoms with E-state index in [9.17, 15) is 0 Å². The van der Waals surface area contributed by atoms with Crippen molar-refractivity contribution in [2.45, 2.75) is 86.1 Å². The van der Waals surface area contributed by atoms with Crippen LogP contribution >= 0.6 is 0 Å². The zero-order valence-corrected chi connectivity index (χ0v) is 18.2. The van der Waals surface area contributed by atoms with E-state index in [1.165, 1.54) is 12.8 Å². The zero-order valence-electron chi connectivity index (χ0n) is 18.2. The van der Waals surface area contributed by atoms with Gasteiger partial charge in [0.05, 0.1) is 12.7 Å². The number of hydrogen-bond donors (Lipinski definition) is 0. The lowest BCUT2D eigenvalue weighted by Gasteiger charge is -2.18. The lowest BCUT2D eigenvalue weighted by Crippen LogP contribution is -2.16. The van der Waals surface area contributed by atoms with Gasteiger partial charge in [0.25, 0.3) is 0 Å². The van der Waals surface area contributed by atoms with Crippen LogP contribution < -0.4 is 0 Å². The van der Waals surface area contributed by atoms with E-state index < -0.39 is 0 Å². The number of rotatable bonds is 7. The molecular formula is C22H42N2O. The highest BCUT2D eigenvalue weighted by Crippen LogP contribution is 2.27. The third-order valence-corrected chi connectivity index (χ3v) is 2.91. The highest BCUT2D eigenvalue weighted by Gasteiger charge is 2.25. The molecule has 3 nitrogen and oxygen atoms in total. The van der Waals surface area contributed by atoms with Crippen LogP contribution in [-0.4, -0.2) is 24.0 Å². The molecule has 1 aromatic rings. The van der Waals surface area contributed by atoms with E-state index in [2.05, 4.69) is 75.7 Å². The summed E-state index contributed by atoms with van der Waals surface area (Å²) in [6.07, 6.45) is 14.9. The summed E-state index contributed by atoms with van der Waals surface area (Å²) in [5, 5.41) is 0. The second kappa shape index (κ2) is 16.1. The highest BCUT2D eigenvalue weighted by molar-refractivity contribution is 5.07. The Hall–Kier alpha value is -1.35. The molecule has 3 heteroatoms. The minimum absolute atomic E-state index is 0.0585. The zero-order chi connectivity index (χ0) is 19.7. The van der Waals surface area contributed by atoms with Crippen molar-refractivity contribution in [2.75, 3.05) is 14.1 Å². The topological polar surface area (TPSA) is 29.3 Å². The lowest BCUT2D eigenvalue weighted by atomic mass is 9.89. The molecule has 0 amide bonds. The summed E-state index contributed by atoms with van der Waals surface area (Å²) < 4.78 is 5.84. The number of nitrogens with zero attached hydrogens (tertiary/aromatic N) is 2. The van der Waals surface area contributed by atoms with Gasteiger partial charge in [0, 0.05) is 5.41 Å². The smallest absolute Gasteiger partial charge is 0.200 e. The Bertz CT molecular complexity index is 454. The Morgan fingerprint density at radius 3 is 2.08 bits per heavy atom. The monoisotopic (exact) mass is 350 g/mol. The minimum atomic E-state index is -0.0585. The van der Waals surface area contributed by atoms with E-state index in [1.54, 1.807) is 0 Å². The van der Waals surface area contributed by atoms with Crippen molar-refractivity contribution in [3.05, 3.63) is 42.2 Å². The van der Waals surface area contributed by atoms with Gasteiger partial charge in [0.2, 0.25) is 0 Å². The van der Waals surface area contributed by atoms with Gasteiger partial charge in [0.1, 0.15) is 5.76 Å². The maximum atomic E-state index is 5.84. The van der Waals surface area contributed by atoms with Gasteiger partial charge in [-0.25, -0.2) is 4.98 Å². The largest absolute Gasteiger partial charge is 0.444 e. The Kier molecular flexibility index (Phi) is 16.7. The van der Waals surface area contributed by atoms with E-state index in [0.717, 1.165) is 31.0 Å². The number of oxazole rings is 1. The molecular weight excluding hydrogens is 308 g/mol. The molecule has 0 fully saturated rings. The second-order valence-corrected chi connectivity index (χ2v) is 7.15. The molecule has 1 rings (SSSR count). The van der Waals surface area contributed by atoms with Crippen molar-refractivity contribution in [1.82, 2.24) is 9.88 Å². The lowest BCUT2D eigenvalue weighted by molar-refractivity contribution is 0.310. The predicted molar refractivity (Wildman–Crippen MR) is 112 cm³/mol. The van der Waals surface area contributed by atoms with Crippen LogP contribution in [-0.2, 0) is 12.0 Å². The number of aromatic nitrogens is 1. The van der Waals surface area contributed by atoms with Gasteiger partial charge in [0.15, 0.2) is 5.89 Å². The molecule has 0 bridgehead atoms. The van der Waals surface area contributed by atoms with E-state index in [1.807, 2.05) is 27.2 Å². The first-order valence-corrected chi connectivity index (χ1v) is 9.64. The van der Waals surface area contributed by atoms with Crippen molar-refractivity contribution in [3.63, 3.8) is 0 Å². The van der Waals surface area contributed by atoms with E-state index >= 15 is 0 Å². The molecule has 1 heterocycles. The quantitative estimate of drug-likeness (QED) is 0.509. The van der Waals surface area contributed by atoms with Crippen molar-refractivity contribution in [1.29, 1.82) is 0 Å². The Morgan fingerprint density at radius 2 is 1.60 bits per heavy atom. The maximum Gasteiger partial charge on any atom is 0.200 e. The summed E-state index contributed by atoms with van der Waals surface area (Å²) in [6.45, 7) is 15.7. The van der Waals surface area contributed by atoms with Crippen LogP contribution in [0.5, 0.6) is 0 Å². The van der Waals surface area contributed by atoms with Crippen LogP contribution in [0.15, 0.2) is 34.9 Å². The summed E-state index contributed by atoms with van der Waals surface area (Å²) in [4.78, 5) is 6.49. The first-order valence-electron chi connectivity index (χ1n) is 9.64. The number of hydrogen-bond acceptors (Lipinski definition) is 3. The molecule has 0 unspecified atom stereocenters. The highest BCUT2D eigenvalue weighted by atomic mass is 16.4. The summed E-state index contributed by atoms with van der Waals surface area (Å²) in [5.74, 6) is 1.74. The fraction of sp³-hybridized carbons (Fsp3) is 0.682. The second-order valence-electron chi connectivity index (χ2n) is 7.15. The van der Waals surface area contributed by atoms with E-state index in [0.29, 0.717) is 0 Å². The Balaban J connectivity index is 0. The van der Waals surface area contributed by atoms with Gasteiger partial charge in [-0.05, 0) is 33.9 Å². The van der Waals surface area contributed by atoms with Crippen molar-refractivity contribution < 1.29 is 4.42 Å². The predicted octanol–water partition coefficient (Wildman–Crippen LogP) is 6.76. The molecule has 146 valence electrons. The molecule has 0 atom stereocenters. The molecule has 0 radical (unpaired) electrons. The van der Waals surface area contributed by atoms with Crippen LogP contribution in [0.3, 0.4) is 0 Å². The standard InChI is InChI=1S/C16H26N2O.2C3H8/c1-6-7-8-9-10-11-16(2,3)15-17-12-14(19-15)13-18(4)5;2*1-3-2/h6-7,9-10,12H,8,11,13H2,1-5H3;2*3H2,1-2H3/b7-6-,10-9-;;. The van der Waals surface area contributed by atoms with E-state index in [4.69, 9.17) is 4.42 Å². The molecule has 0 aromatic carbocycles. The minimum Gasteiger partial charge on any atom is -0.444 e. The fourth-order valence-corrected chi connectivity index (χ4v) is 1.78. The Morgan fingerprint density at radius 1 is 1.04 bits per heavy atom. The molecule has 0 aliphatic carbocycles. The van der Waals surface area contributed by atoms with Gasteiger partial charge >= 0.3 is 0 Å². The molecule has 1 aromatic heterocycles. The average molecular weight is 351 g/mol. The van der Waals surface area contributed by atoms with Gasteiger partial charge in [-0.1, -0.05) is 78.7 Å². The van der Waals surface area contributed by atoms with Crippen LogP contribution in [0, 0.1) is 0 Å². The summed E-state index contributed by atoms with van der Waals surface area (Å²) in [5.41, 5.74) is -0.0585. The molecule has 0 saturated carbocycles. The molecule has 25 heavy (non-hydrogen) atoms. The van der Waals surface area contributed by atoms with E-state index in [-0.39, 0.29) is 5.41 Å². The van der Waals surface area contributed by atoms with Crippen LogP contribution in [0.4, 0.5) is 0 Å². The molecule has 0 N–H and O–H groups in total. The molecule has 0 aliphatic heterocycles. The summed E-state index contributed by atoms with van der Waals surface area (Å²) in [7, 11) is 4.05. The van der Waals surface area contributed by atoms with Gasteiger partial charge < -0.3 is 9.32 Å². The first kappa shape index (κ1) is 25.9. The molecule has 0 spiro atoms. The SMILES string of the molecule is C/C=C\C/C=C\CC(C)(C)c1ncc(CN(C)C)o1.CCC.CCC. The first-order chi connectivity index (χ1) is 11.8. The normalized spacial score (nSPS) is 11.4. The average Bonchev–Trinajstić information content (AvgIpc) is 2.97. The molecule has 0 saturated heterocycles. The summed E-state index contributed by atoms with van der Waals surface area (Å²) >= 11 is 0. The van der Waals surface area contributed by atoms with Crippen molar-refractivity contribution >= 4 is 0 Å². The fourth-order valence-electron chi connectivity index (χ4n) is 1.78. The van der Waals surface area contributed by atoms with Gasteiger partial charge in [-0.3, -0.25) is 0 Å². The number of allylic oxidation sites excluding steroid dienone is 4. The van der Waals surface area contributed by atoms with Gasteiger partial charge in [-0.15, -0.1) is 0 Å². The Labute approximate surface area is 157 Å². The van der Waals surface area contributed by atoms with Crippen molar-refractivity contribution in [3.8, 4) is 0 Å². The third-order valence-electron chi connectivity index (χ3n) is 2.91. The maximum absolute atomic E-state index is 5.84. The van der Waals surface area contributed by atoms with Gasteiger partial charge in [-0.2, -0.15) is 0 Å². The van der Waals surface area contributed by atoms with Crippen LogP contribution in [0.1, 0.15) is 85.8 Å².